The monoisotopic (exact) mass is 353 g/mol. The van der Waals surface area contributed by atoms with Gasteiger partial charge in [0.25, 0.3) is 5.91 Å². The third-order valence-corrected chi connectivity index (χ3v) is 3.69. The van der Waals surface area contributed by atoms with E-state index in [4.69, 9.17) is 39.5 Å². The average Bonchev–Trinajstić information content (AvgIpc) is 2.40. The number of hydrogen-bond acceptors (Lipinski definition) is 3. The highest BCUT2D eigenvalue weighted by atomic mass is 35.5. The van der Waals surface area contributed by atoms with Crippen LogP contribution < -0.4 is 10.1 Å². The molecule has 0 saturated heterocycles. The van der Waals surface area contributed by atoms with Gasteiger partial charge in [-0.15, -0.1) is 0 Å². The molecule has 21 heavy (non-hydrogen) atoms. The zero-order valence-electron chi connectivity index (χ0n) is 11.8. The van der Waals surface area contributed by atoms with E-state index < -0.39 is 0 Å². The molecular weight excluding hydrogens is 337 g/mol. The molecule has 1 rings (SSSR count). The summed E-state index contributed by atoms with van der Waals surface area (Å²) in [6.45, 7) is 3.70. The molecule has 0 aliphatic heterocycles. The number of benzene rings is 1. The highest BCUT2D eigenvalue weighted by Crippen LogP contribution is 2.33. The molecule has 0 aliphatic carbocycles. The zero-order chi connectivity index (χ0) is 16.0. The molecule has 1 aromatic carbocycles. The molecule has 0 spiro atoms. The van der Waals surface area contributed by atoms with Crippen LogP contribution in [0.5, 0.6) is 5.75 Å². The first-order valence-corrected chi connectivity index (χ1v) is 7.64. The van der Waals surface area contributed by atoms with E-state index in [9.17, 15) is 9.90 Å². The van der Waals surface area contributed by atoms with Crippen LogP contribution in [0.3, 0.4) is 0 Å². The topological polar surface area (TPSA) is 58.6 Å². The molecule has 0 heterocycles. The van der Waals surface area contributed by atoms with Crippen molar-refractivity contribution in [2.24, 2.45) is 5.92 Å². The summed E-state index contributed by atoms with van der Waals surface area (Å²) in [7, 11) is 0. The number of halogens is 3. The van der Waals surface area contributed by atoms with Crippen LogP contribution >= 0.6 is 34.8 Å². The molecular formula is C14H18Cl3NO3. The van der Waals surface area contributed by atoms with E-state index in [1.54, 1.807) is 0 Å². The van der Waals surface area contributed by atoms with E-state index in [1.807, 2.05) is 13.8 Å². The maximum Gasteiger partial charge on any atom is 0.258 e. The predicted octanol–water partition coefficient (Wildman–Crippen LogP) is 3.55. The van der Waals surface area contributed by atoms with Gasteiger partial charge in [0.2, 0.25) is 0 Å². The standard InChI is InChI=1S/C14H18Cl3NO3/c1-8(2)3-9(6-19)18-14(20)7-21-13-5-11(16)10(15)4-12(13)17/h4-5,8-9,19H,3,6-7H2,1-2H3,(H,18,20). The van der Waals surface area contributed by atoms with Crippen molar-refractivity contribution in [3.63, 3.8) is 0 Å². The molecule has 1 atom stereocenters. The molecule has 118 valence electrons. The Bertz CT molecular complexity index is 495. The number of carbonyl (C=O) groups excluding carboxylic acids is 1. The number of rotatable bonds is 7. The molecule has 0 bridgehead atoms. The van der Waals surface area contributed by atoms with E-state index in [-0.39, 0.29) is 35.9 Å². The fourth-order valence-electron chi connectivity index (χ4n) is 1.78. The Balaban J connectivity index is 2.55. The molecule has 4 nitrogen and oxygen atoms in total. The van der Waals surface area contributed by atoms with Crippen molar-refractivity contribution in [3.8, 4) is 5.75 Å². The van der Waals surface area contributed by atoms with Crippen LogP contribution in [-0.4, -0.2) is 30.3 Å². The summed E-state index contributed by atoms with van der Waals surface area (Å²) in [5.74, 6) is 0.315. The normalized spacial score (nSPS) is 12.3. The summed E-state index contributed by atoms with van der Waals surface area (Å²) >= 11 is 17.6. The van der Waals surface area contributed by atoms with Gasteiger partial charge in [-0.1, -0.05) is 48.7 Å². The van der Waals surface area contributed by atoms with Gasteiger partial charge >= 0.3 is 0 Å². The molecule has 0 aromatic heterocycles. The van der Waals surface area contributed by atoms with Crippen molar-refractivity contribution in [2.45, 2.75) is 26.3 Å². The third kappa shape index (κ3) is 6.30. The van der Waals surface area contributed by atoms with Gasteiger partial charge in [0.1, 0.15) is 5.75 Å². The quantitative estimate of drug-likeness (QED) is 0.736. The van der Waals surface area contributed by atoms with E-state index in [1.165, 1.54) is 12.1 Å². The Morgan fingerprint density at radius 3 is 2.43 bits per heavy atom. The van der Waals surface area contributed by atoms with Crippen LogP contribution in [0, 0.1) is 5.92 Å². The Hall–Kier alpha value is -0.680. The first kappa shape index (κ1) is 18.4. The van der Waals surface area contributed by atoms with Gasteiger partial charge in [-0.2, -0.15) is 0 Å². The molecule has 0 radical (unpaired) electrons. The zero-order valence-corrected chi connectivity index (χ0v) is 14.1. The molecule has 1 amide bonds. The smallest absolute Gasteiger partial charge is 0.258 e. The number of aliphatic hydroxyl groups excluding tert-OH is 1. The van der Waals surface area contributed by atoms with Crippen molar-refractivity contribution in [1.82, 2.24) is 5.32 Å². The Morgan fingerprint density at radius 2 is 1.86 bits per heavy atom. The second-order valence-electron chi connectivity index (χ2n) is 5.06. The molecule has 1 aromatic rings. The maximum absolute atomic E-state index is 11.8. The van der Waals surface area contributed by atoms with Gasteiger partial charge in [-0.3, -0.25) is 4.79 Å². The Kier molecular flexibility index (Phi) is 7.60. The molecule has 0 fully saturated rings. The number of amides is 1. The van der Waals surface area contributed by atoms with E-state index in [2.05, 4.69) is 5.32 Å². The van der Waals surface area contributed by atoms with Gasteiger partial charge in [0.15, 0.2) is 6.61 Å². The van der Waals surface area contributed by atoms with Gasteiger partial charge in [-0.25, -0.2) is 0 Å². The molecule has 0 aliphatic rings. The van der Waals surface area contributed by atoms with Crippen LogP contribution in [-0.2, 0) is 4.79 Å². The number of aliphatic hydroxyl groups is 1. The minimum absolute atomic E-state index is 0.114. The summed E-state index contributed by atoms with van der Waals surface area (Å²) in [5.41, 5.74) is 0. The SMILES string of the molecule is CC(C)CC(CO)NC(=O)COc1cc(Cl)c(Cl)cc1Cl. The van der Waals surface area contributed by atoms with Crippen LogP contribution in [0.4, 0.5) is 0 Å². The minimum atomic E-state index is -0.336. The Morgan fingerprint density at radius 1 is 1.24 bits per heavy atom. The van der Waals surface area contributed by atoms with Crippen molar-refractivity contribution in [1.29, 1.82) is 0 Å². The van der Waals surface area contributed by atoms with Crippen LogP contribution in [0.1, 0.15) is 20.3 Å². The number of hydrogen-bond donors (Lipinski definition) is 2. The van der Waals surface area contributed by atoms with E-state index in [0.29, 0.717) is 22.4 Å². The molecule has 1 unspecified atom stereocenters. The summed E-state index contributed by atoms with van der Waals surface area (Å²) in [6, 6.07) is 2.62. The van der Waals surface area contributed by atoms with Crippen molar-refractivity contribution < 1.29 is 14.6 Å². The van der Waals surface area contributed by atoms with Crippen molar-refractivity contribution in [3.05, 3.63) is 27.2 Å². The lowest BCUT2D eigenvalue weighted by atomic mass is 10.0. The van der Waals surface area contributed by atoms with Gasteiger partial charge in [0.05, 0.1) is 27.7 Å². The van der Waals surface area contributed by atoms with Crippen molar-refractivity contribution in [2.75, 3.05) is 13.2 Å². The highest BCUT2D eigenvalue weighted by molar-refractivity contribution is 6.43. The second kappa shape index (κ2) is 8.69. The number of ether oxygens (including phenoxy) is 1. The summed E-state index contributed by atoms with van der Waals surface area (Å²) in [5, 5.41) is 12.8. The van der Waals surface area contributed by atoms with Crippen LogP contribution in [0.25, 0.3) is 0 Å². The lowest BCUT2D eigenvalue weighted by Crippen LogP contribution is -2.40. The molecule has 0 saturated carbocycles. The van der Waals surface area contributed by atoms with Gasteiger partial charge in [0, 0.05) is 6.07 Å². The fourth-order valence-corrected chi connectivity index (χ4v) is 2.37. The predicted molar refractivity (Wildman–Crippen MR) is 85.4 cm³/mol. The van der Waals surface area contributed by atoms with E-state index >= 15 is 0 Å². The fraction of sp³-hybridized carbons (Fsp3) is 0.500. The third-order valence-electron chi connectivity index (χ3n) is 2.67. The summed E-state index contributed by atoms with van der Waals surface area (Å²) < 4.78 is 5.32. The summed E-state index contributed by atoms with van der Waals surface area (Å²) in [6.07, 6.45) is 0.690. The molecule has 2 N–H and O–H groups in total. The van der Waals surface area contributed by atoms with Crippen LogP contribution in [0.2, 0.25) is 15.1 Å². The van der Waals surface area contributed by atoms with Gasteiger partial charge in [-0.05, 0) is 18.4 Å². The number of nitrogens with one attached hydrogen (secondary N) is 1. The summed E-state index contributed by atoms with van der Waals surface area (Å²) in [4.78, 5) is 11.8. The minimum Gasteiger partial charge on any atom is -0.482 e. The average molecular weight is 355 g/mol. The first-order valence-electron chi connectivity index (χ1n) is 6.51. The highest BCUT2D eigenvalue weighted by Gasteiger charge is 2.14. The van der Waals surface area contributed by atoms with Crippen LogP contribution in [0.15, 0.2) is 12.1 Å². The number of carbonyl (C=O) groups is 1. The second-order valence-corrected chi connectivity index (χ2v) is 6.28. The first-order chi connectivity index (χ1) is 9.83. The largest absolute Gasteiger partial charge is 0.482 e. The Labute approximate surface area is 139 Å². The van der Waals surface area contributed by atoms with Gasteiger partial charge < -0.3 is 15.2 Å². The van der Waals surface area contributed by atoms with E-state index in [0.717, 1.165) is 0 Å². The maximum atomic E-state index is 11.8. The van der Waals surface area contributed by atoms with Crippen molar-refractivity contribution >= 4 is 40.7 Å². The lowest BCUT2D eigenvalue weighted by Gasteiger charge is -2.18. The lowest BCUT2D eigenvalue weighted by molar-refractivity contribution is -0.124. The molecule has 7 heteroatoms.